The summed E-state index contributed by atoms with van der Waals surface area (Å²) in [5.41, 5.74) is 2.51. The molecule has 3 aromatic rings. The fourth-order valence-electron chi connectivity index (χ4n) is 3.61. The molecule has 0 fully saturated rings. The zero-order valence-corrected chi connectivity index (χ0v) is 15.8. The van der Waals surface area contributed by atoms with E-state index in [4.69, 9.17) is 4.74 Å². The first kappa shape index (κ1) is 17.5. The van der Waals surface area contributed by atoms with Crippen molar-refractivity contribution in [1.29, 1.82) is 0 Å². The highest BCUT2D eigenvalue weighted by Gasteiger charge is 2.28. The van der Waals surface area contributed by atoms with E-state index in [9.17, 15) is 9.59 Å². The summed E-state index contributed by atoms with van der Waals surface area (Å²) >= 11 is 0. The predicted molar refractivity (Wildman–Crippen MR) is 104 cm³/mol. The molecule has 2 aromatic heterocycles. The van der Waals surface area contributed by atoms with Gasteiger partial charge in [0.2, 0.25) is 5.95 Å². The number of aryl methyl sites for hydroxylation is 2. The SMILES string of the molecule is CCc1ccc(N2CCn3c2nc2c3c(=O)n(CCOC)c(=O)n2C)cc1. The minimum atomic E-state index is -0.375. The quantitative estimate of drug-likeness (QED) is 0.677. The van der Waals surface area contributed by atoms with E-state index in [1.54, 1.807) is 14.2 Å². The van der Waals surface area contributed by atoms with E-state index in [0.717, 1.165) is 18.7 Å². The number of aromatic nitrogens is 4. The Kier molecular flexibility index (Phi) is 4.35. The Balaban J connectivity index is 1.87. The van der Waals surface area contributed by atoms with Crippen LogP contribution in [0.3, 0.4) is 0 Å². The molecule has 0 atom stereocenters. The molecule has 4 rings (SSSR count). The molecular weight excluding hydrogens is 346 g/mol. The highest BCUT2D eigenvalue weighted by Crippen LogP contribution is 2.31. The number of fused-ring (bicyclic) bond motifs is 3. The molecule has 0 radical (unpaired) electrons. The van der Waals surface area contributed by atoms with Crippen LogP contribution in [0.5, 0.6) is 0 Å². The lowest BCUT2D eigenvalue weighted by Gasteiger charge is -2.16. The number of ether oxygens (including phenoxy) is 1. The van der Waals surface area contributed by atoms with Crippen LogP contribution < -0.4 is 16.1 Å². The van der Waals surface area contributed by atoms with Crippen molar-refractivity contribution in [3.63, 3.8) is 0 Å². The molecule has 8 heteroatoms. The molecule has 3 heterocycles. The van der Waals surface area contributed by atoms with Gasteiger partial charge in [-0.15, -0.1) is 0 Å². The lowest BCUT2D eigenvalue weighted by Crippen LogP contribution is -2.40. The average molecular weight is 369 g/mol. The summed E-state index contributed by atoms with van der Waals surface area (Å²) < 4.78 is 9.61. The second kappa shape index (κ2) is 6.70. The van der Waals surface area contributed by atoms with Gasteiger partial charge in [-0.05, 0) is 24.1 Å². The van der Waals surface area contributed by atoms with Gasteiger partial charge in [0.25, 0.3) is 5.56 Å². The first-order valence-electron chi connectivity index (χ1n) is 9.12. The molecule has 0 unspecified atom stereocenters. The van der Waals surface area contributed by atoms with Crippen LogP contribution in [-0.2, 0) is 31.3 Å². The molecule has 0 spiro atoms. The largest absolute Gasteiger partial charge is 0.383 e. The number of hydrogen-bond acceptors (Lipinski definition) is 5. The van der Waals surface area contributed by atoms with Crippen LogP contribution in [0.2, 0.25) is 0 Å². The van der Waals surface area contributed by atoms with Gasteiger partial charge in [0, 0.05) is 32.9 Å². The Labute approximate surface area is 156 Å². The maximum absolute atomic E-state index is 13.0. The van der Waals surface area contributed by atoms with E-state index in [2.05, 4.69) is 41.1 Å². The molecule has 0 bridgehead atoms. The summed E-state index contributed by atoms with van der Waals surface area (Å²) in [7, 11) is 3.20. The molecule has 0 saturated carbocycles. The van der Waals surface area contributed by atoms with Gasteiger partial charge in [0.15, 0.2) is 11.2 Å². The summed E-state index contributed by atoms with van der Waals surface area (Å²) in [6.45, 7) is 4.04. The minimum absolute atomic E-state index is 0.223. The highest BCUT2D eigenvalue weighted by atomic mass is 16.5. The Morgan fingerprint density at radius 2 is 1.89 bits per heavy atom. The van der Waals surface area contributed by atoms with Gasteiger partial charge in [-0.25, -0.2) is 4.79 Å². The van der Waals surface area contributed by atoms with Gasteiger partial charge in [0.05, 0.1) is 13.2 Å². The maximum Gasteiger partial charge on any atom is 0.332 e. The molecular formula is C19H23N5O3. The summed E-state index contributed by atoms with van der Waals surface area (Å²) in [5, 5.41) is 0. The second-order valence-electron chi connectivity index (χ2n) is 6.70. The Morgan fingerprint density at radius 1 is 1.15 bits per heavy atom. The van der Waals surface area contributed by atoms with Crippen LogP contribution >= 0.6 is 0 Å². The molecule has 142 valence electrons. The Bertz CT molecular complexity index is 1110. The van der Waals surface area contributed by atoms with Crippen molar-refractivity contribution >= 4 is 22.8 Å². The predicted octanol–water partition coefficient (Wildman–Crippen LogP) is 1.26. The van der Waals surface area contributed by atoms with Gasteiger partial charge in [-0.1, -0.05) is 19.1 Å². The van der Waals surface area contributed by atoms with Crippen LogP contribution in [0, 0.1) is 0 Å². The monoisotopic (exact) mass is 369 g/mol. The third-order valence-electron chi connectivity index (χ3n) is 5.18. The Morgan fingerprint density at radius 3 is 2.56 bits per heavy atom. The van der Waals surface area contributed by atoms with Gasteiger partial charge in [0.1, 0.15) is 0 Å². The van der Waals surface area contributed by atoms with Crippen LogP contribution in [-0.4, -0.2) is 38.9 Å². The number of hydrogen-bond donors (Lipinski definition) is 0. The highest BCUT2D eigenvalue weighted by molar-refractivity contribution is 5.77. The van der Waals surface area contributed by atoms with Crippen LogP contribution in [0.15, 0.2) is 33.9 Å². The van der Waals surface area contributed by atoms with Crippen molar-refractivity contribution in [2.45, 2.75) is 26.4 Å². The van der Waals surface area contributed by atoms with E-state index in [0.29, 0.717) is 30.3 Å². The number of methoxy groups -OCH3 is 1. The van der Waals surface area contributed by atoms with Crippen molar-refractivity contribution in [1.82, 2.24) is 18.7 Å². The second-order valence-corrected chi connectivity index (χ2v) is 6.70. The third kappa shape index (κ3) is 2.68. The molecule has 0 amide bonds. The van der Waals surface area contributed by atoms with Gasteiger partial charge in [-0.2, -0.15) is 4.98 Å². The molecule has 1 aliphatic rings. The van der Waals surface area contributed by atoms with Crippen molar-refractivity contribution in [3.8, 4) is 0 Å². The zero-order valence-electron chi connectivity index (χ0n) is 15.8. The van der Waals surface area contributed by atoms with Gasteiger partial charge >= 0.3 is 5.69 Å². The van der Waals surface area contributed by atoms with E-state index in [1.807, 2.05) is 4.57 Å². The van der Waals surface area contributed by atoms with Crippen molar-refractivity contribution in [3.05, 3.63) is 50.7 Å². The fourth-order valence-corrected chi connectivity index (χ4v) is 3.61. The zero-order chi connectivity index (χ0) is 19.1. The van der Waals surface area contributed by atoms with Gasteiger partial charge < -0.3 is 14.2 Å². The van der Waals surface area contributed by atoms with Crippen LogP contribution in [0.25, 0.3) is 11.2 Å². The molecule has 0 aliphatic carbocycles. The molecule has 1 aromatic carbocycles. The Hall–Kier alpha value is -2.87. The van der Waals surface area contributed by atoms with Crippen molar-refractivity contribution < 1.29 is 4.74 Å². The van der Waals surface area contributed by atoms with E-state index < -0.39 is 0 Å². The summed E-state index contributed by atoms with van der Waals surface area (Å²) in [4.78, 5) is 32.3. The molecule has 1 aliphatic heterocycles. The number of imidazole rings is 1. The lowest BCUT2D eigenvalue weighted by atomic mass is 10.1. The third-order valence-corrected chi connectivity index (χ3v) is 5.18. The van der Waals surface area contributed by atoms with Gasteiger partial charge in [-0.3, -0.25) is 13.9 Å². The fraction of sp³-hybridized carbons (Fsp3) is 0.421. The molecule has 27 heavy (non-hydrogen) atoms. The summed E-state index contributed by atoms with van der Waals surface area (Å²) in [6, 6.07) is 8.36. The maximum atomic E-state index is 13.0. The van der Waals surface area contributed by atoms with E-state index in [1.165, 1.54) is 14.7 Å². The van der Waals surface area contributed by atoms with E-state index >= 15 is 0 Å². The standard InChI is InChI=1S/C19H23N5O3/c1-4-13-5-7-14(8-6-13)22-9-10-23-15-16(20-18(22)23)21(2)19(26)24(17(15)25)11-12-27-3/h5-8H,4,9-12H2,1-3H3. The van der Waals surface area contributed by atoms with E-state index in [-0.39, 0.29) is 17.8 Å². The topological polar surface area (TPSA) is 74.3 Å². The number of anilines is 2. The summed E-state index contributed by atoms with van der Waals surface area (Å²) in [5.74, 6) is 0.700. The lowest BCUT2D eigenvalue weighted by molar-refractivity contribution is 0.184. The number of rotatable bonds is 5. The minimum Gasteiger partial charge on any atom is -0.383 e. The smallest absolute Gasteiger partial charge is 0.332 e. The number of nitrogens with zero attached hydrogens (tertiary/aromatic N) is 5. The molecule has 0 saturated heterocycles. The average Bonchev–Trinajstić information content (AvgIpc) is 3.26. The van der Waals surface area contributed by atoms with Crippen LogP contribution in [0.4, 0.5) is 11.6 Å². The first-order valence-corrected chi connectivity index (χ1v) is 9.12. The molecule has 0 N–H and O–H groups in total. The normalized spacial score (nSPS) is 13.5. The van der Waals surface area contributed by atoms with Crippen LogP contribution in [0.1, 0.15) is 12.5 Å². The number of benzene rings is 1. The van der Waals surface area contributed by atoms with Crippen molar-refractivity contribution in [2.75, 3.05) is 25.2 Å². The summed E-state index contributed by atoms with van der Waals surface area (Å²) in [6.07, 6.45) is 0.988. The first-order chi connectivity index (χ1) is 13.1. The van der Waals surface area contributed by atoms with Crippen molar-refractivity contribution in [2.24, 2.45) is 7.05 Å². The molecule has 8 nitrogen and oxygen atoms in total.